The zero-order chi connectivity index (χ0) is 20.8. The molecule has 0 atom stereocenters. The third-order valence-corrected chi connectivity index (χ3v) is 6.39. The van der Waals surface area contributed by atoms with Crippen LogP contribution in [0.5, 0.6) is 5.75 Å². The number of ether oxygens (including phenoxy) is 2. The van der Waals surface area contributed by atoms with Gasteiger partial charge in [-0.3, -0.25) is 4.90 Å². The van der Waals surface area contributed by atoms with Gasteiger partial charge in [0.15, 0.2) is 0 Å². The van der Waals surface area contributed by atoms with E-state index >= 15 is 0 Å². The monoisotopic (exact) mass is 481 g/mol. The molecule has 2 heterocycles. The van der Waals surface area contributed by atoms with Gasteiger partial charge in [0.25, 0.3) is 0 Å². The Kier molecular flexibility index (Phi) is 7.51. The fourth-order valence-corrected chi connectivity index (χ4v) is 4.72. The van der Waals surface area contributed by atoms with Crippen molar-refractivity contribution < 1.29 is 19.1 Å². The molecule has 0 bridgehead atoms. The average molecular weight is 482 g/mol. The molecule has 0 aliphatic carbocycles. The van der Waals surface area contributed by atoms with E-state index in [1.807, 2.05) is 11.0 Å². The zero-order valence-corrected chi connectivity index (χ0v) is 18.8. The van der Waals surface area contributed by atoms with Crippen LogP contribution in [0.25, 0.3) is 0 Å². The topological polar surface area (TPSA) is 71.1 Å². The smallest absolute Gasteiger partial charge is 0.341 e. The summed E-state index contributed by atoms with van der Waals surface area (Å²) < 4.78 is 11.1. The molecule has 1 saturated heterocycles. The molecule has 9 heteroatoms. The van der Waals surface area contributed by atoms with E-state index in [1.54, 1.807) is 23.5 Å². The maximum absolute atomic E-state index is 12.5. The van der Waals surface area contributed by atoms with Gasteiger partial charge in [0, 0.05) is 44.1 Å². The van der Waals surface area contributed by atoms with E-state index in [1.165, 1.54) is 19.1 Å². The summed E-state index contributed by atoms with van der Waals surface area (Å²) in [7, 11) is 2.83. The number of methoxy groups -OCH3 is 2. The van der Waals surface area contributed by atoms with Crippen molar-refractivity contribution in [2.75, 3.05) is 40.4 Å². The summed E-state index contributed by atoms with van der Waals surface area (Å²) in [4.78, 5) is 29.9. The van der Waals surface area contributed by atoms with Gasteiger partial charge < -0.3 is 19.7 Å². The Morgan fingerprint density at radius 2 is 1.90 bits per heavy atom. The van der Waals surface area contributed by atoms with E-state index in [4.69, 9.17) is 9.47 Å². The number of rotatable bonds is 6. The Hall–Kier alpha value is -2.10. The minimum Gasteiger partial charge on any atom is -0.496 e. The summed E-state index contributed by atoms with van der Waals surface area (Å²) in [5, 5.41) is 2.93. The lowest BCUT2D eigenvalue weighted by Gasteiger charge is -2.34. The van der Waals surface area contributed by atoms with Crippen molar-refractivity contribution in [2.24, 2.45) is 0 Å². The van der Waals surface area contributed by atoms with Gasteiger partial charge in [-0.25, -0.2) is 9.59 Å². The van der Waals surface area contributed by atoms with Crippen LogP contribution in [-0.4, -0.2) is 62.2 Å². The molecule has 3 rings (SSSR count). The first-order valence-corrected chi connectivity index (χ1v) is 10.9. The summed E-state index contributed by atoms with van der Waals surface area (Å²) in [6.07, 6.45) is 0. The van der Waals surface area contributed by atoms with Gasteiger partial charge in [0.05, 0.1) is 18.0 Å². The lowest BCUT2D eigenvalue weighted by Crippen LogP contribution is -2.51. The van der Waals surface area contributed by atoms with E-state index in [-0.39, 0.29) is 6.03 Å². The largest absolute Gasteiger partial charge is 0.496 e. The van der Waals surface area contributed by atoms with Gasteiger partial charge in [0.2, 0.25) is 0 Å². The van der Waals surface area contributed by atoms with Crippen LogP contribution in [0.15, 0.2) is 34.1 Å². The van der Waals surface area contributed by atoms with Gasteiger partial charge in [0.1, 0.15) is 11.3 Å². The highest BCUT2D eigenvalue weighted by Crippen LogP contribution is 2.24. The van der Waals surface area contributed by atoms with E-state index < -0.39 is 5.97 Å². The van der Waals surface area contributed by atoms with Crippen molar-refractivity contribution >= 4 is 39.3 Å². The van der Waals surface area contributed by atoms with E-state index in [9.17, 15) is 9.59 Å². The molecule has 0 saturated carbocycles. The Balaban J connectivity index is 1.49. The number of amides is 2. The molecule has 1 aliphatic rings. The first kappa shape index (κ1) is 21.6. The van der Waals surface area contributed by atoms with Crippen molar-refractivity contribution in [1.29, 1.82) is 0 Å². The first-order chi connectivity index (χ1) is 14.0. The standard InChI is InChI=1S/C20H24BrN3O4S/c1-27-17-5-3-14(11-16(17)19(25)28-2)12-22-20(26)24-9-7-23(8-10-24)13-15-4-6-18(21)29-15/h3-6,11H,7-10,12-13H2,1-2H3,(H,22,26). The molecule has 0 radical (unpaired) electrons. The first-order valence-electron chi connectivity index (χ1n) is 9.24. The molecule has 29 heavy (non-hydrogen) atoms. The number of piperazine rings is 1. The maximum Gasteiger partial charge on any atom is 0.341 e. The molecule has 1 fully saturated rings. The number of benzene rings is 1. The van der Waals surface area contributed by atoms with Gasteiger partial charge in [-0.15, -0.1) is 11.3 Å². The number of urea groups is 1. The van der Waals surface area contributed by atoms with Crippen LogP contribution in [0.1, 0.15) is 20.8 Å². The quantitative estimate of drug-likeness (QED) is 0.640. The van der Waals surface area contributed by atoms with Gasteiger partial charge in [-0.1, -0.05) is 6.07 Å². The molecule has 2 amide bonds. The molecule has 156 valence electrons. The van der Waals surface area contributed by atoms with E-state index in [0.717, 1.165) is 29.0 Å². The summed E-state index contributed by atoms with van der Waals surface area (Å²) in [5.74, 6) is -0.0234. The summed E-state index contributed by atoms with van der Waals surface area (Å²) in [5.41, 5.74) is 1.15. The lowest BCUT2D eigenvalue weighted by molar-refractivity contribution is 0.0597. The molecule has 1 N–H and O–H groups in total. The van der Waals surface area contributed by atoms with Crippen molar-refractivity contribution in [3.63, 3.8) is 0 Å². The van der Waals surface area contributed by atoms with E-state index in [2.05, 4.69) is 38.3 Å². The predicted molar refractivity (Wildman–Crippen MR) is 115 cm³/mol. The van der Waals surface area contributed by atoms with Crippen LogP contribution >= 0.6 is 27.3 Å². The van der Waals surface area contributed by atoms with E-state index in [0.29, 0.717) is 30.9 Å². The van der Waals surface area contributed by atoms with Crippen molar-refractivity contribution in [1.82, 2.24) is 15.1 Å². The second-order valence-corrected chi connectivity index (χ2v) is 9.20. The minimum absolute atomic E-state index is 0.0982. The molecule has 1 aromatic heterocycles. The highest BCUT2D eigenvalue weighted by molar-refractivity contribution is 9.11. The van der Waals surface area contributed by atoms with Crippen molar-refractivity contribution in [3.05, 3.63) is 50.1 Å². The highest BCUT2D eigenvalue weighted by Gasteiger charge is 2.21. The van der Waals surface area contributed by atoms with Crippen molar-refractivity contribution in [2.45, 2.75) is 13.1 Å². The van der Waals surface area contributed by atoms with Crippen LogP contribution in [0, 0.1) is 0 Å². The normalized spacial score (nSPS) is 14.5. The Morgan fingerprint density at radius 3 is 2.52 bits per heavy atom. The van der Waals surface area contributed by atoms with Crippen LogP contribution in [-0.2, 0) is 17.8 Å². The summed E-state index contributed by atoms with van der Waals surface area (Å²) >= 11 is 5.23. The fraction of sp³-hybridized carbons (Fsp3) is 0.400. The molecule has 0 unspecified atom stereocenters. The van der Waals surface area contributed by atoms with Gasteiger partial charge in [-0.05, 0) is 45.8 Å². The fourth-order valence-electron chi connectivity index (χ4n) is 3.19. The average Bonchev–Trinajstić information content (AvgIpc) is 3.16. The maximum atomic E-state index is 12.5. The Morgan fingerprint density at radius 1 is 1.14 bits per heavy atom. The van der Waals surface area contributed by atoms with Crippen LogP contribution < -0.4 is 10.1 Å². The molecule has 1 aliphatic heterocycles. The second-order valence-electron chi connectivity index (χ2n) is 6.65. The highest BCUT2D eigenvalue weighted by atomic mass is 79.9. The SMILES string of the molecule is COC(=O)c1cc(CNC(=O)N2CCN(Cc3ccc(Br)s3)CC2)ccc1OC. The van der Waals surface area contributed by atoms with Crippen LogP contribution in [0.4, 0.5) is 4.79 Å². The molecule has 1 aromatic carbocycles. The lowest BCUT2D eigenvalue weighted by atomic mass is 10.1. The van der Waals surface area contributed by atoms with Crippen LogP contribution in [0.2, 0.25) is 0 Å². The molecule has 7 nitrogen and oxygen atoms in total. The number of carbonyl (C=O) groups is 2. The third-order valence-electron chi connectivity index (χ3n) is 4.78. The third kappa shape index (κ3) is 5.71. The van der Waals surface area contributed by atoms with Gasteiger partial charge in [-0.2, -0.15) is 0 Å². The second kappa shape index (κ2) is 10.1. The summed E-state index contributed by atoms with van der Waals surface area (Å²) in [6.45, 7) is 4.31. The number of nitrogens with one attached hydrogen (secondary N) is 1. The number of halogens is 1. The number of nitrogens with zero attached hydrogens (tertiary/aromatic N) is 2. The predicted octanol–water partition coefficient (Wildman–Crippen LogP) is 3.33. The molecule has 0 spiro atoms. The number of esters is 1. The summed E-state index contributed by atoms with van der Waals surface area (Å²) in [6, 6.07) is 9.30. The molecular weight excluding hydrogens is 458 g/mol. The minimum atomic E-state index is -0.469. The Bertz CT molecular complexity index is 865. The Labute approximate surface area is 182 Å². The van der Waals surface area contributed by atoms with Crippen molar-refractivity contribution in [3.8, 4) is 5.75 Å². The van der Waals surface area contributed by atoms with Gasteiger partial charge >= 0.3 is 12.0 Å². The molecular formula is C20H24BrN3O4S. The zero-order valence-electron chi connectivity index (χ0n) is 16.4. The number of carbonyl (C=O) groups excluding carboxylic acids is 2. The number of hydrogen-bond donors (Lipinski definition) is 1. The van der Waals surface area contributed by atoms with Crippen LogP contribution in [0.3, 0.4) is 0 Å². The molecule has 2 aromatic rings. The number of hydrogen-bond acceptors (Lipinski definition) is 6. The number of thiophene rings is 1.